The Morgan fingerprint density at radius 3 is 2.59 bits per heavy atom. The van der Waals surface area contributed by atoms with Crippen molar-refractivity contribution in [1.29, 1.82) is 0 Å². The molecule has 0 saturated carbocycles. The van der Waals surface area contributed by atoms with E-state index in [2.05, 4.69) is 31.7 Å². The average Bonchev–Trinajstić information content (AvgIpc) is 2.48. The van der Waals surface area contributed by atoms with Crippen LogP contribution in [-0.4, -0.2) is 29.1 Å². The first-order valence-electron chi connectivity index (χ1n) is 8.73. The molecule has 2 rings (SSSR count). The van der Waals surface area contributed by atoms with E-state index >= 15 is 0 Å². The Kier molecular flexibility index (Phi) is 8.27. The second kappa shape index (κ2) is 9.42. The second-order valence-electron chi connectivity index (χ2n) is 6.48. The van der Waals surface area contributed by atoms with E-state index in [1.165, 1.54) is 56.3 Å². The van der Waals surface area contributed by atoms with Gasteiger partial charge in [0, 0.05) is 6.04 Å². The number of hydrogen-bond acceptors (Lipinski definition) is 2. The van der Waals surface area contributed by atoms with Crippen LogP contribution < -0.4 is 0 Å². The molecular weight excluding hydrogens is 294 g/mol. The molecule has 1 aromatic rings. The maximum Gasteiger partial charge on any atom is 0.119 e. The quantitative estimate of drug-likeness (QED) is 0.702. The van der Waals surface area contributed by atoms with E-state index in [1.54, 1.807) is 0 Å². The molecule has 3 heteroatoms. The molecule has 0 amide bonds. The van der Waals surface area contributed by atoms with Gasteiger partial charge in [-0.05, 0) is 61.9 Å². The number of rotatable bonds is 7. The lowest BCUT2D eigenvalue weighted by Gasteiger charge is -2.40. The molecule has 1 aromatic carbocycles. The fraction of sp³-hybridized carbons (Fsp3) is 0.684. The minimum atomic E-state index is 0. The van der Waals surface area contributed by atoms with Gasteiger partial charge < -0.3 is 5.11 Å². The highest BCUT2D eigenvalue weighted by atomic mass is 35.5. The molecule has 2 unspecified atom stereocenters. The Morgan fingerprint density at radius 2 is 1.91 bits per heavy atom. The van der Waals surface area contributed by atoms with E-state index in [1.807, 2.05) is 12.1 Å². The van der Waals surface area contributed by atoms with Crippen LogP contribution in [0.4, 0.5) is 0 Å². The van der Waals surface area contributed by atoms with Crippen molar-refractivity contribution in [3.63, 3.8) is 0 Å². The van der Waals surface area contributed by atoms with Crippen LogP contribution in [0.15, 0.2) is 18.2 Å². The predicted octanol–water partition coefficient (Wildman–Crippen LogP) is 5.13. The lowest BCUT2D eigenvalue weighted by Crippen LogP contribution is -2.42. The normalized spacial score (nSPS) is 20.5. The van der Waals surface area contributed by atoms with E-state index in [0.717, 1.165) is 6.42 Å². The Labute approximate surface area is 142 Å². The fourth-order valence-corrected chi connectivity index (χ4v) is 3.83. The van der Waals surface area contributed by atoms with Crippen LogP contribution in [0.5, 0.6) is 5.75 Å². The van der Waals surface area contributed by atoms with Crippen molar-refractivity contribution in [3.05, 3.63) is 29.3 Å². The van der Waals surface area contributed by atoms with Gasteiger partial charge >= 0.3 is 0 Å². The standard InChI is InChI=1S/C19H31NO.ClH/c1-4-6-7-14-20(13-5-2)18-12-11-17-16(15(18)3)9-8-10-19(17)21;/h8-10,15,18,21H,4-7,11-14H2,1-3H3;1H. The van der Waals surface area contributed by atoms with E-state index < -0.39 is 0 Å². The molecule has 1 N–H and O–H groups in total. The second-order valence-corrected chi connectivity index (χ2v) is 6.48. The maximum atomic E-state index is 10.1. The van der Waals surface area contributed by atoms with Gasteiger partial charge in [-0.15, -0.1) is 12.4 Å². The van der Waals surface area contributed by atoms with Crippen molar-refractivity contribution >= 4 is 12.4 Å². The van der Waals surface area contributed by atoms with Crippen molar-refractivity contribution in [2.75, 3.05) is 13.1 Å². The highest BCUT2D eigenvalue weighted by Gasteiger charge is 2.31. The number of hydrogen-bond donors (Lipinski definition) is 1. The number of nitrogens with zero attached hydrogens (tertiary/aromatic N) is 1. The molecule has 0 bridgehead atoms. The molecule has 22 heavy (non-hydrogen) atoms. The summed E-state index contributed by atoms with van der Waals surface area (Å²) in [6, 6.07) is 6.67. The average molecular weight is 326 g/mol. The molecule has 2 nitrogen and oxygen atoms in total. The van der Waals surface area contributed by atoms with Crippen molar-refractivity contribution in [2.24, 2.45) is 0 Å². The van der Waals surface area contributed by atoms with Gasteiger partial charge in [-0.2, -0.15) is 0 Å². The molecule has 0 radical (unpaired) electrons. The number of phenolic OH excluding ortho intramolecular Hbond substituents is 1. The SMILES string of the molecule is CCCCCN(CCC)C1CCc2c(O)cccc2C1C.Cl. The lowest BCUT2D eigenvalue weighted by molar-refractivity contribution is 0.155. The van der Waals surface area contributed by atoms with Gasteiger partial charge in [-0.3, -0.25) is 4.90 Å². The van der Waals surface area contributed by atoms with Crippen LogP contribution in [0.2, 0.25) is 0 Å². The van der Waals surface area contributed by atoms with Crippen LogP contribution in [0, 0.1) is 0 Å². The molecule has 0 aliphatic heterocycles. The molecule has 126 valence electrons. The summed E-state index contributed by atoms with van der Waals surface area (Å²) in [7, 11) is 0. The Balaban J connectivity index is 0.00000242. The molecule has 0 heterocycles. The van der Waals surface area contributed by atoms with Crippen LogP contribution >= 0.6 is 12.4 Å². The first-order chi connectivity index (χ1) is 10.2. The maximum absolute atomic E-state index is 10.1. The summed E-state index contributed by atoms with van der Waals surface area (Å²) in [6.45, 7) is 9.31. The smallest absolute Gasteiger partial charge is 0.119 e. The summed E-state index contributed by atoms with van der Waals surface area (Å²) in [5.74, 6) is 1.01. The lowest BCUT2D eigenvalue weighted by atomic mass is 9.79. The highest BCUT2D eigenvalue weighted by molar-refractivity contribution is 5.85. The van der Waals surface area contributed by atoms with Gasteiger partial charge in [0.2, 0.25) is 0 Å². The van der Waals surface area contributed by atoms with Crippen LogP contribution in [0.25, 0.3) is 0 Å². The first kappa shape index (κ1) is 19.3. The zero-order valence-corrected chi connectivity index (χ0v) is 15.2. The minimum Gasteiger partial charge on any atom is -0.508 e. The topological polar surface area (TPSA) is 23.5 Å². The third kappa shape index (κ3) is 4.39. The summed E-state index contributed by atoms with van der Waals surface area (Å²) < 4.78 is 0. The van der Waals surface area contributed by atoms with Crippen molar-refractivity contribution in [3.8, 4) is 5.75 Å². The van der Waals surface area contributed by atoms with Crippen molar-refractivity contribution < 1.29 is 5.11 Å². The van der Waals surface area contributed by atoms with Crippen LogP contribution in [0.1, 0.15) is 69.9 Å². The Bertz CT molecular complexity index is 449. The van der Waals surface area contributed by atoms with Gasteiger partial charge in [0.05, 0.1) is 0 Å². The molecule has 1 aliphatic rings. The summed E-state index contributed by atoms with van der Waals surface area (Å²) in [6.07, 6.45) is 7.35. The van der Waals surface area contributed by atoms with E-state index in [9.17, 15) is 5.11 Å². The zero-order chi connectivity index (χ0) is 15.2. The third-order valence-electron chi connectivity index (χ3n) is 4.97. The molecule has 0 saturated heterocycles. The number of fused-ring (bicyclic) bond motifs is 1. The predicted molar refractivity (Wildman–Crippen MR) is 97.3 cm³/mol. The molecule has 0 aromatic heterocycles. The molecule has 2 atom stereocenters. The van der Waals surface area contributed by atoms with Crippen molar-refractivity contribution in [1.82, 2.24) is 4.90 Å². The third-order valence-corrected chi connectivity index (χ3v) is 4.97. The van der Waals surface area contributed by atoms with Gasteiger partial charge in [-0.25, -0.2) is 0 Å². The number of aromatic hydroxyl groups is 1. The summed E-state index contributed by atoms with van der Waals surface area (Å²) in [5.41, 5.74) is 2.55. The number of unbranched alkanes of at least 4 members (excludes halogenated alkanes) is 2. The molecule has 0 spiro atoms. The summed E-state index contributed by atoms with van der Waals surface area (Å²) >= 11 is 0. The summed E-state index contributed by atoms with van der Waals surface area (Å²) in [5, 5.41) is 10.1. The Hall–Kier alpha value is -0.730. The van der Waals surface area contributed by atoms with E-state index in [4.69, 9.17) is 0 Å². The monoisotopic (exact) mass is 325 g/mol. The van der Waals surface area contributed by atoms with E-state index in [0.29, 0.717) is 17.7 Å². The van der Waals surface area contributed by atoms with Gasteiger partial charge in [0.25, 0.3) is 0 Å². The largest absolute Gasteiger partial charge is 0.508 e. The van der Waals surface area contributed by atoms with Gasteiger partial charge in [0.1, 0.15) is 5.75 Å². The summed E-state index contributed by atoms with van der Waals surface area (Å²) in [4.78, 5) is 2.70. The number of halogens is 1. The van der Waals surface area contributed by atoms with E-state index in [-0.39, 0.29) is 12.4 Å². The van der Waals surface area contributed by atoms with Crippen molar-refractivity contribution in [2.45, 2.75) is 71.3 Å². The molecular formula is C19H32ClNO. The van der Waals surface area contributed by atoms with Gasteiger partial charge in [0.15, 0.2) is 0 Å². The fourth-order valence-electron chi connectivity index (χ4n) is 3.83. The first-order valence-corrected chi connectivity index (χ1v) is 8.73. The number of phenols is 1. The molecule has 0 fully saturated rings. The number of benzene rings is 1. The zero-order valence-electron chi connectivity index (χ0n) is 14.3. The van der Waals surface area contributed by atoms with Crippen LogP contribution in [0.3, 0.4) is 0 Å². The molecule has 1 aliphatic carbocycles. The Morgan fingerprint density at radius 1 is 1.14 bits per heavy atom. The minimum absolute atomic E-state index is 0. The highest BCUT2D eigenvalue weighted by Crippen LogP contribution is 2.38. The van der Waals surface area contributed by atoms with Gasteiger partial charge in [-0.1, -0.05) is 45.7 Å². The van der Waals surface area contributed by atoms with Crippen LogP contribution in [-0.2, 0) is 6.42 Å².